The summed E-state index contributed by atoms with van der Waals surface area (Å²) in [6.45, 7) is 5.14. The van der Waals surface area contributed by atoms with Crippen LogP contribution in [0.25, 0.3) is 11.5 Å². The summed E-state index contributed by atoms with van der Waals surface area (Å²) in [5, 5.41) is 10.9. The molecule has 0 atom stereocenters. The van der Waals surface area contributed by atoms with Crippen molar-refractivity contribution in [3.63, 3.8) is 0 Å². The second kappa shape index (κ2) is 5.63. The Bertz CT molecular complexity index is 843. The summed E-state index contributed by atoms with van der Waals surface area (Å²) in [4.78, 5) is 18.5. The summed E-state index contributed by atoms with van der Waals surface area (Å²) in [5.74, 6) is 2.15. The van der Waals surface area contributed by atoms with E-state index in [-0.39, 0.29) is 17.7 Å². The Labute approximate surface area is 137 Å². The van der Waals surface area contributed by atoms with Gasteiger partial charge in [-0.25, -0.2) is 0 Å². The monoisotopic (exact) mass is 327 g/mol. The highest BCUT2D eigenvalue weighted by molar-refractivity contribution is 5.93. The lowest BCUT2D eigenvalue weighted by atomic mass is 9.99. The van der Waals surface area contributed by atoms with Gasteiger partial charge in [-0.2, -0.15) is 10.1 Å². The Morgan fingerprint density at radius 3 is 2.92 bits per heavy atom. The first-order valence-electron chi connectivity index (χ1n) is 7.84. The maximum Gasteiger partial charge on any atom is 0.274 e. The molecule has 1 N–H and O–H groups in total. The highest BCUT2D eigenvalue weighted by Gasteiger charge is 2.37. The van der Waals surface area contributed by atoms with Crippen molar-refractivity contribution in [1.82, 2.24) is 25.2 Å². The molecular weight excluding hydrogens is 310 g/mol. The van der Waals surface area contributed by atoms with Gasteiger partial charge in [0.15, 0.2) is 17.3 Å². The number of H-pyrrole nitrogens is 1. The molecule has 4 heterocycles. The van der Waals surface area contributed by atoms with Crippen LogP contribution in [0.2, 0.25) is 0 Å². The van der Waals surface area contributed by atoms with Crippen LogP contribution in [0, 0.1) is 0 Å². The van der Waals surface area contributed by atoms with Crippen molar-refractivity contribution in [3.05, 3.63) is 41.9 Å². The van der Waals surface area contributed by atoms with Gasteiger partial charge >= 0.3 is 0 Å². The second-order valence-corrected chi connectivity index (χ2v) is 6.20. The van der Waals surface area contributed by atoms with Crippen molar-refractivity contribution in [1.29, 1.82) is 0 Å². The fourth-order valence-electron chi connectivity index (χ4n) is 2.60. The molecule has 0 bridgehead atoms. The maximum atomic E-state index is 12.4. The average molecular weight is 327 g/mol. The highest BCUT2D eigenvalue weighted by atomic mass is 16.5. The third-order valence-electron chi connectivity index (χ3n) is 4.08. The lowest BCUT2D eigenvalue weighted by molar-refractivity contribution is 0.0563. The van der Waals surface area contributed by atoms with E-state index in [1.807, 2.05) is 19.9 Å². The Morgan fingerprint density at radius 1 is 1.42 bits per heavy atom. The number of carbonyl (C=O) groups is 1. The molecule has 0 spiro atoms. The van der Waals surface area contributed by atoms with Crippen molar-refractivity contribution in [3.8, 4) is 11.5 Å². The number of hydrogen-bond donors (Lipinski definition) is 1. The average Bonchev–Trinajstić information content (AvgIpc) is 3.26. The van der Waals surface area contributed by atoms with E-state index < -0.39 is 0 Å². The predicted molar refractivity (Wildman–Crippen MR) is 83.3 cm³/mol. The molecule has 1 fully saturated rings. The van der Waals surface area contributed by atoms with E-state index in [1.54, 1.807) is 23.3 Å². The lowest BCUT2D eigenvalue weighted by Gasteiger charge is -2.36. The zero-order chi connectivity index (χ0) is 16.7. The van der Waals surface area contributed by atoms with Gasteiger partial charge in [-0.3, -0.25) is 9.89 Å². The number of nitrogens with zero attached hydrogens (tertiary/aromatic N) is 4. The molecule has 1 amide bonds. The molecule has 0 unspecified atom stereocenters. The molecule has 3 aromatic rings. The van der Waals surface area contributed by atoms with Crippen LogP contribution >= 0.6 is 0 Å². The fraction of sp³-hybridized carbons (Fsp3) is 0.375. The summed E-state index contributed by atoms with van der Waals surface area (Å²) in [6, 6.07) is 5.29. The van der Waals surface area contributed by atoms with Crippen LogP contribution in [0.15, 0.2) is 33.4 Å². The Hall–Kier alpha value is -2.90. The molecule has 0 saturated carbocycles. The number of likely N-dealkylation sites (tertiary alicyclic amines) is 1. The second-order valence-electron chi connectivity index (χ2n) is 6.20. The molecular formula is C16H17N5O3. The summed E-state index contributed by atoms with van der Waals surface area (Å²) >= 11 is 0. The van der Waals surface area contributed by atoms with Crippen LogP contribution in [-0.4, -0.2) is 44.2 Å². The molecule has 0 aliphatic carbocycles. The molecule has 1 aliphatic heterocycles. The molecule has 124 valence electrons. The smallest absolute Gasteiger partial charge is 0.274 e. The van der Waals surface area contributed by atoms with E-state index >= 15 is 0 Å². The van der Waals surface area contributed by atoms with Crippen LogP contribution in [0.4, 0.5) is 0 Å². The molecule has 1 saturated heterocycles. The normalized spacial score (nSPS) is 15.0. The van der Waals surface area contributed by atoms with Crippen LogP contribution in [0.1, 0.15) is 47.9 Å². The Morgan fingerprint density at radius 2 is 2.25 bits per heavy atom. The third kappa shape index (κ3) is 2.49. The molecule has 4 rings (SSSR count). The van der Waals surface area contributed by atoms with Gasteiger partial charge in [-0.05, 0) is 12.1 Å². The van der Waals surface area contributed by atoms with Crippen molar-refractivity contribution in [2.75, 3.05) is 13.1 Å². The van der Waals surface area contributed by atoms with Gasteiger partial charge in [0.25, 0.3) is 5.91 Å². The van der Waals surface area contributed by atoms with Gasteiger partial charge in [0, 0.05) is 25.1 Å². The number of amides is 1. The van der Waals surface area contributed by atoms with E-state index in [9.17, 15) is 4.79 Å². The topological polar surface area (TPSA) is 101 Å². The highest BCUT2D eigenvalue weighted by Crippen LogP contribution is 2.28. The van der Waals surface area contributed by atoms with E-state index in [0.717, 1.165) is 0 Å². The van der Waals surface area contributed by atoms with Gasteiger partial charge in [-0.1, -0.05) is 19.0 Å². The number of furan rings is 1. The molecule has 8 nitrogen and oxygen atoms in total. The number of hydrogen-bond acceptors (Lipinski definition) is 6. The summed E-state index contributed by atoms with van der Waals surface area (Å²) in [6.07, 6.45) is 1.58. The molecule has 8 heteroatoms. The first-order chi connectivity index (χ1) is 11.6. The summed E-state index contributed by atoms with van der Waals surface area (Å²) < 4.78 is 10.6. The zero-order valence-corrected chi connectivity index (χ0v) is 13.4. The Balaban J connectivity index is 1.40. The van der Waals surface area contributed by atoms with Gasteiger partial charge < -0.3 is 13.8 Å². The van der Waals surface area contributed by atoms with E-state index in [2.05, 4.69) is 20.3 Å². The van der Waals surface area contributed by atoms with Crippen LogP contribution in [-0.2, 0) is 0 Å². The zero-order valence-electron chi connectivity index (χ0n) is 13.4. The van der Waals surface area contributed by atoms with Gasteiger partial charge in [0.05, 0.1) is 12.2 Å². The quantitative estimate of drug-likeness (QED) is 0.789. The number of carbonyl (C=O) groups excluding carboxylic acids is 1. The van der Waals surface area contributed by atoms with E-state index in [0.29, 0.717) is 42.0 Å². The Kier molecular flexibility index (Phi) is 3.44. The summed E-state index contributed by atoms with van der Waals surface area (Å²) in [7, 11) is 0. The van der Waals surface area contributed by atoms with Crippen LogP contribution < -0.4 is 0 Å². The number of nitrogens with one attached hydrogen (secondary N) is 1. The lowest BCUT2D eigenvalue weighted by Crippen LogP contribution is -2.48. The molecule has 1 aliphatic rings. The fourth-order valence-corrected chi connectivity index (χ4v) is 2.60. The largest absolute Gasteiger partial charge is 0.463 e. The molecule has 24 heavy (non-hydrogen) atoms. The van der Waals surface area contributed by atoms with Gasteiger partial charge in [0.1, 0.15) is 5.69 Å². The van der Waals surface area contributed by atoms with Crippen LogP contribution in [0.5, 0.6) is 0 Å². The SMILES string of the molecule is CC(C)c1noc(C2CN(C(=O)c3cc(-c4ccco4)[nH]n3)C2)n1. The molecule has 0 aromatic carbocycles. The minimum Gasteiger partial charge on any atom is -0.463 e. The number of rotatable bonds is 4. The summed E-state index contributed by atoms with van der Waals surface area (Å²) in [5.41, 5.74) is 1.05. The predicted octanol–water partition coefficient (Wildman–Crippen LogP) is 2.42. The maximum absolute atomic E-state index is 12.4. The van der Waals surface area contributed by atoms with Gasteiger partial charge in [0.2, 0.25) is 5.89 Å². The van der Waals surface area contributed by atoms with Crippen LogP contribution in [0.3, 0.4) is 0 Å². The van der Waals surface area contributed by atoms with Crippen molar-refractivity contribution >= 4 is 5.91 Å². The van der Waals surface area contributed by atoms with E-state index in [4.69, 9.17) is 8.94 Å². The first-order valence-corrected chi connectivity index (χ1v) is 7.84. The third-order valence-corrected chi connectivity index (χ3v) is 4.08. The number of aromatic nitrogens is 4. The van der Waals surface area contributed by atoms with Crippen molar-refractivity contribution in [2.24, 2.45) is 0 Å². The molecule has 0 radical (unpaired) electrons. The molecule has 3 aromatic heterocycles. The van der Waals surface area contributed by atoms with E-state index in [1.165, 1.54) is 0 Å². The van der Waals surface area contributed by atoms with Crippen molar-refractivity contribution in [2.45, 2.75) is 25.7 Å². The standard InChI is InChI=1S/C16H17N5O3/c1-9(2)14-17-15(24-20-14)10-7-21(8-10)16(22)12-6-11(18-19-12)13-4-3-5-23-13/h3-6,9-10H,7-8H2,1-2H3,(H,18,19). The minimum absolute atomic E-state index is 0.0948. The van der Waals surface area contributed by atoms with Gasteiger partial charge in [-0.15, -0.1) is 0 Å². The first kappa shape index (κ1) is 14.7. The van der Waals surface area contributed by atoms with Crippen molar-refractivity contribution < 1.29 is 13.7 Å². The minimum atomic E-state index is -0.121. The number of aromatic amines is 1.